The van der Waals surface area contributed by atoms with E-state index in [1.54, 1.807) is 6.92 Å². The number of rotatable bonds is 2. The van der Waals surface area contributed by atoms with Crippen LogP contribution in [0.2, 0.25) is 0 Å². The van der Waals surface area contributed by atoms with E-state index in [-0.39, 0.29) is 13.0 Å². The zero-order valence-corrected chi connectivity index (χ0v) is 10.0. The Balaban J connectivity index is 2.51. The lowest BCUT2D eigenvalue weighted by molar-refractivity contribution is -0.131. The maximum absolute atomic E-state index is 13.7. The van der Waals surface area contributed by atoms with Gasteiger partial charge in [0.15, 0.2) is 11.6 Å². The van der Waals surface area contributed by atoms with Gasteiger partial charge in [-0.05, 0) is 6.42 Å². The number of piperazine rings is 1. The van der Waals surface area contributed by atoms with E-state index >= 15 is 0 Å². The Hall–Kier alpha value is -2.05. The van der Waals surface area contributed by atoms with E-state index in [2.05, 4.69) is 5.32 Å². The lowest BCUT2D eigenvalue weighted by Crippen LogP contribution is -2.58. The van der Waals surface area contributed by atoms with Crippen LogP contribution in [0.5, 0.6) is 0 Å². The third kappa shape index (κ3) is 2.27. The summed E-state index contributed by atoms with van der Waals surface area (Å²) in [6.07, 6.45) is 0.232. The number of nitrogens with zero attached hydrogens (tertiary/aromatic N) is 1. The molecular weight excluding hydrogens is 261 g/mol. The van der Waals surface area contributed by atoms with Gasteiger partial charge in [-0.25, -0.2) is 13.2 Å². The highest BCUT2D eigenvalue weighted by molar-refractivity contribution is 6.06. The second-order valence-corrected chi connectivity index (χ2v) is 4.12. The summed E-state index contributed by atoms with van der Waals surface area (Å²) in [5.41, 5.74) is -0.425. The Morgan fingerprint density at radius 3 is 2.47 bits per heavy atom. The van der Waals surface area contributed by atoms with Crippen LogP contribution in [0.3, 0.4) is 0 Å². The van der Waals surface area contributed by atoms with E-state index in [0.717, 1.165) is 4.90 Å². The van der Waals surface area contributed by atoms with E-state index in [1.807, 2.05) is 0 Å². The lowest BCUT2D eigenvalue weighted by atomic mass is 10.1. The Morgan fingerprint density at radius 2 is 1.84 bits per heavy atom. The number of halogens is 3. The molecule has 0 radical (unpaired) electrons. The predicted molar refractivity (Wildman–Crippen MR) is 60.9 cm³/mol. The second-order valence-electron chi connectivity index (χ2n) is 4.12. The minimum absolute atomic E-state index is 0.232. The fourth-order valence-corrected chi connectivity index (χ4v) is 2.02. The summed E-state index contributed by atoms with van der Waals surface area (Å²) < 4.78 is 39.8. The second kappa shape index (κ2) is 4.91. The molecule has 1 fully saturated rings. The molecular formula is C12H11F3N2O2. The van der Waals surface area contributed by atoms with Crippen molar-refractivity contribution in [1.29, 1.82) is 0 Å². The van der Waals surface area contributed by atoms with Crippen molar-refractivity contribution in [2.24, 2.45) is 0 Å². The minimum atomic E-state index is -1.34. The molecule has 1 aliphatic heterocycles. The number of anilines is 1. The number of amides is 2. The molecule has 2 amide bonds. The molecule has 1 atom stereocenters. The van der Waals surface area contributed by atoms with Gasteiger partial charge in [-0.3, -0.25) is 14.5 Å². The molecule has 0 aliphatic carbocycles. The summed E-state index contributed by atoms with van der Waals surface area (Å²) >= 11 is 0. The first-order valence-corrected chi connectivity index (χ1v) is 5.70. The number of hydrogen-bond donors (Lipinski definition) is 1. The van der Waals surface area contributed by atoms with Crippen molar-refractivity contribution >= 4 is 17.5 Å². The van der Waals surface area contributed by atoms with Gasteiger partial charge in [-0.1, -0.05) is 6.92 Å². The summed E-state index contributed by atoms with van der Waals surface area (Å²) in [5.74, 6) is -4.73. The highest BCUT2D eigenvalue weighted by Gasteiger charge is 2.36. The van der Waals surface area contributed by atoms with Gasteiger partial charge in [0.2, 0.25) is 11.8 Å². The van der Waals surface area contributed by atoms with Gasteiger partial charge in [-0.2, -0.15) is 0 Å². The fourth-order valence-electron chi connectivity index (χ4n) is 2.02. The predicted octanol–water partition coefficient (Wildman–Crippen LogP) is 1.35. The Bertz CT molecular complexity index is 548. The third-order valence-corrected chi connectivity index (χ3v) is 2.93. The molecule has 0 bridgehead atoms. The summed E-state index contributed by atoms with van der Waals surface area (Å²) in [4.78, 5) is 24.3. The molecule has 0 aromatic heterocycles. The van der Waals surface area contributed by atoms with Gasteiger partial charge in [0.05, 0.1) is 12.2 Å². The summed E-state index contributed by atoms with van der Waals surface area (Å²) in [6, 6.07) is 0.0155. The molecule has 7 heteroatoms. The van der Waals surface area contributed by atoms with Gasteiger partial charge in [0.1, 0.15) is 11.9 Å². The number of nitrogens with one attached hydrogen (secondary N) is 1. The number of hydrogen-bond acceptors (Lipinski definition) is 2. The smallest absolute Gasteiger partial charge is 0.247 e. The average molecular weight is 272 g/mol. The molecule has 2 rings (SSSR count). The molecule has 4 nitrogen and oxygen atoms in total. The molecule has 1 aromatic rings. The highest BCUT2D eigenvalue weighted by Crippen LogP contribution is 2.26. The zero-order valence-electron chi connectivity index (χ0n) is 10.0. The van der Waals surface area contributed by atoms with Crippen LogP contribution in [0.25, 0.3) is 0 Å². The van der Waals surface area contributed by atoms with Crippen molar-refractivity contribution in [3.63, 3.8) is 0 Å². The SMILES string of the molecule is CCC1C(=O)NCC(=O)N1c1cc(F)c(F)cc1F. The molecule has 19 heavy (non-hydrogen) atoms. The first-order chi connectivity index (χ1) is 8.95. The zero-order chi connectivity index (χ0) is 14.2. The van der Waals surface area contributed by atoms with Gasteiger partial charge >= 0.3 is 0 Å². The van der Waals surface area contributed by atoms with E-state index in [0.29, 0.717) is 12.1 Å². The molecule has 1 aliphatic rings. The number of carbonyl (C=O) groups is 2. The largest absolute Gasteiger partial charge is 0.345 e. The molecule has 1 heterocycles. The van der Waals surface area contributed by atoms with Crippen LogP contribution in [-0.4, -0.2) is 24.4 Å². The minimum Gasteiger partial charge on any atom is -0.345 e. The van der Waals surface area contributed by atoms with Gasteiger partial charge < -0.3 is 5.32 Å². The quantitative estimate of drug-likeness (QED) is 0.826. The molecule has 1 saturated heterocycles. The van der Waals surface area contributed by atoms with E-state index in [1.165, 1.54) is 0 Å². The fraction of sp³-hybridized carbons (Fsp3) is 0.333. The molecule has 1 N–H and O–H groups in total. The third-order valence-electron chi connectivity index (χ3n) is 2.93. The van der Waals surface area contributed by atoms with Crippen molar-refractivity contribution in [3.05, 3.63) is 29.6 Å². The van der Waals surface area contributed by atoms with E-state index < -0.39 is 41.0 Å². The molecule has 0 spiro atoms. The van der Waals surface area contributed by atoms with E-state index in [9.17, 15) is 22.8 Å². The Labute approximate surface area is 107 Å². The maximum Gasteiger partial charge on any atom is 0.247 e. The normalized spacial score (nSPS) is 19.6. The summed E-state index contributed by atoms with van der Waals surface area (Å²) in [6.45, 7) is 1.33. The average Bonchev–Trinajstić information content (AvgIpc) is 2.36. The molecule has 102 valence electrons. The standard InChI is InChI=1S/C12H11F3N2O2/c1-2-9-12(19)16-5-11(18)17(9)10-4-7(14)6(13)3-8(10)15/h3-4,9H,2,5H2,1H3,(H,16,19). The monoisotopic (exact) mass is 272 g/mol. The van der Waals surface area contributed by atoms with Gasteiger partial charge in [-0.15, -0.1) is 0 Å². The van der Waals surface area contributed by atoms with Crippen molar-refractivity contribution in [2.75, 3.05) is 11.4 Å². The lowest BCUT2D eigenvalue weighted by Gasteiger charge is -2.34. The number of benzene rings is 1. The van der Waals surface area contributed by atoms with Crippen LogP contribution >= 0.6 is 0 Å². The molecule has 1 aromatic carbocycles. The van der Waals surface area contributed by atoms with Crippen molar-refractivity contribution in [1.82, 2.24) is 5.32 Å². The topological polar surface area (TPSA) is 49.4 Å². The first-order valence-electron chi connectivity index (χ1n) is 5.70. The Morgan fingerprint density at radius 1 is 1.21 bits per heavy atom. The van der Waals surface area contributed by atoms with Crippen LogP contribution in [0.4, 0.5) is 18.9 Å². The first kappa shape index (κ1) is 13.4. The maximum atomic E-state index is 13.7. The molecule has 0 saturated carbocycles. The van der Waals surface area contributed by atoms with E-state index in [4.69, 9.17) is 0 Å². The highest BCUT2D eigenvalue weighted by atomic mass is 19.2. The summed E-state index contributed by atoms with van der Waals surface area (Å²) in [7, 11) is 0. The van der Waals surface area contributed by atoms with Crippen molar-refractivity contribution in [3.8, 4) is 0 Å². The van der Waals surface area contributed by atoms with Crippen LogP contribution in [0.1, 0.15) is 13.3 Å². The van der Waals surface area contributed by atoms with Crippen molar-refractivity contribution < 1.29 is 22.8 Å². The van der Waals surface area contributed by atoms with Crippen LogP contribution < -0.4 is 10.2 Å². The van der Waals surface area contributed by atoms with Crippen LogP contribution in [-0.2, 0) is 9.59 Å². The Kier molecular flexibility index (Phi) is 3.46. The molecule has 1 unspecified atom stereocenters. The van der Waals surface area contributed by atoms with Gasteiger partial charge in [0, 0.05) is 12.1 Å². The van der Waals surface area contributed by atoms with Crippen LogP contribution in [0, 0.1) is 17.5 Å². The number of carbonyl (C=O) groups excluding carboxylic acids is 2. The van der Waals surface area contributed by atoms with Crippen LogP contribution in [0.15, 0.2) is 12.1 Å². The van der Waals surface area contributed by atoms with Crippen molar-refractivity contribution in [2.45, 2.75) is 19.4 Å². The van der Waals surface area contributed by atoms with Gasteiger partial charge in [0.25, 0.3) is 0 Å². The summed E-state index contributed by atoms with van der Waals surface area (Å²) in [5, 5.41) is 2.36.